The number of fused-ring (bicyclic) bond motifs is 1. The number of alkyl halides is 3. The maximum atomic E-state index is 13.2. The summed E-state index contributed by atoms with van der Waals surface area (Å²) >= 11 is 0. The molecule has 2 aromatic heterocycles. The molecule has 4 rings (SSSR count). The van der Waals surface area contributed by atoms with Crippen LogP contribution < -0.4 is 10.5 Å². The van der Waals surface area contributed by atoms with Gasteiger partial charge in [0.1, 0.15) is 12.4 Å². The van der Waals surface area contributed by atoms with Gasteiger partial charge in [0.15, 0.2) is 5.82 Å². The number of aryl methyl sites for hydroxylation is 1. The van der Waals surface area contributed by atoms with Gasteiger partial charge in [0.2, 0.25) is 0 Å². The zero-order chi connectivity index (χ0) is 19.2. The second-order valence-corrected chi connectivity index (χ2v) is 6.47. The molecule has 1 saturated heterocycles. The fourth-order valence-corrected chi connectivity index (χ4v) is 3.44. The first-order chi connectivity index (χ1) is 12.8. The number of hydrogen-bond donors (Lipinski definition) is 0. The number of rotatable bonds is 3. The molecule has 1 aliphatic heterocycles. The van der Waals surface area contributed by atoms with Crippen molar-refractivity contribution >= 4 is 16.9 Å². The average Bonchev–Trinajstić information content (AvgIpc) is 3.25. The lowest BCUT2D eigenvalue weighted by atomic mass is 10.1. The predicted molar refractivity (Wildman–Crippen MR) is 90.4 cm³/mol. The van der Waals surface area contributed by atoms with Crippen molar-refractivity contribution in [2.45, 2.75) is 38.5 Å². The minimum atomic E-state index is -4.55. The lowest BCUT2D eigenvalue weighted by molar-refractivity contribution is -0.141. The molecule has 0 amide bonds. The van der Waals surface area contributed by atoms with Gasteiger partial charge in [-0.1, -0.05) is 17.3 Å². The second kappa shape index (κ2) is 6.36. The highest BCUT2D eigenvalue weighted by Gasteiger charge is 2.37. The molecule has 0 spiro atoms. The van der Waals surface area contributed by atoms with E-state index in [0.717, 1.165) is 0 Å². The van der Waals surface area contributed by atoms with Crippen molar-refractivity contribution in [3.8, 4) is 0 Å². The van der Waals surface area contributed by atoms with Gasteiger partial charge in [0.05, 0.1) is 16.9 Å². The fraction of sp³-hybridized carbons (Fsp3) is 0.412. The largest absolute Gasteiger partial charge is 0.406 e. The van der Waals surface area contributed by atoms with Crippen LogP contribution in [-0.4, -0.2) is 32.4 Å². The maximum absolute atomic E-state index is 13.2. The van der Waals surface area contributed by atoms with E-state index in [1.165, 1.54) is 6.07 Å². The molecule has 0 radical (unpaired) electrons. The number of anilines is 1. The molecule has 0 saturated carbocycles. The van der Waals surface area contributed by atoms with Crippen LogP contribution >= 0.6 is 0 Å². The first-order valence-electron chi connectivity index (χ1n) is 8.47. The molecule has 0 aliphatic carbocycles. The third kappa shape index (κ3) is 3.26. The molecule has 1 unspecified atom stereocenters. The van der Waals surface area contributed by atoms with Gasteiger partial charge in [-0.2, -0.15) is 18.2 Å². The van der Waals surface area contributed by atoms with E-state index in [2.05, 4.69) is 15.1 Å². The third-order valence-corrected chi connectivity index (χ3v) is 4.54. The van der Waals surface area contributed by atoms with E-state index in [4.69, 9.17) is 4.52 Å². The van der Waals surface area contributed by atoms with Crippen molar-refractivity contribution in [3.63, 3.8) is 0 Å². The first kappa shape index (κ1) is 17.5. The summed E-state index contributed by atoms with van der Waals surface area (Å²) in [6.07, 6.45) is -3.31. The van der Waals surface area contributed by atoms with Gasteiger partial charge in [-0.05, 0) is 31.9 Å². The van der Waals surface area contributed by atoms with Gasteiger partial charge in [-0.3, -0.25) is 9.36 Å². The lowest BCUT2D eigenvalue weighted by Crippen LogP contribution is -2.36. The molecule has 7 nitrogen and oxygen atoms in total. The Labute approximate surface area is 151 Å². The summed E-state index contributed by atoms with van der Waals surface area (Å²) in [5, 5.41) is 3.90. The van der Waals surface area contributed by atoms with Crippen LogP contribution in [0.1, 0.15) is 30.5 Å². The zero-order valence-electron chi connectivity index (χ0n) is 14.4. The molecule has 1 atom stereocenters. The minimum absolute atomic E-state index is 0.0596. The van der Waals surface area contributed by atoms with Crippen LogP contribution in [0.2, 0.25) is 0 Å². The maximum Gasteiger partial charge on any atom is 0.406 e. The van der Waals surface area contributed by atoms with E-state index in [1.54, 1.807) is 30.0 Å². The van der Waals surface area contributed by atoms with Gasteiger partial charge >= 0.3 is 12.2 Å². The highest BCUT2D eigenvalue weighted by Crippen LogP contribution is 2.35. The number of aromatic nitrogens is 4. The standard InChI is InChI=1S/C17H16F3N5O2/c1-10-21-16(27-23-10)24-8-4-7-13(24)14-22-12-6-3-2-5-11(12)15(26)25(14)9-17(18,19)20/h2-3,5-6,13H,4,7-9H2,1H3. The number of halogens is 3. The van der Waals surface area contributed by atoms with Crippen LogP contribution in [0.5, 0.6) is 0 Å². The normalized spacial score (nSPS) is 17.8. The van der Waals surface area contributed by atoms with Crippen molar-refractivity contribution in [2.24, 2.45) is 0 Å². The Morgan fingerprint density at radius 1 is 1.26 bits per heavy atom. The Hall–Kier alpha value is -2.91. The number of para-hydroxylation sites is 1. The summed E-state index contributed by atoms with van der Waals surface area (Å²) in [5.41, 5.74) is -0.342. The van der Waals surface area contributed by atoms with Crippen LogP contribution in [0.15, 0.2) is 33.6 Å². The lowest BCUT2D eigenvalue weighted by Gasteiger charge is -2.25. The van der Waals surface area contributed by atoms with Crippen LogP contribution in [0, 0.1) is 6.92 Å². The van der Waals surface area contributed by atoms with Gasteiger partial charge in [-0.15, -0.1) is 0 Å². The Morgan fingerprint density at radius 2 is 2.04 bits per heavy atom. The van der Waals surface area contributed by atoms with Crippen molar-refractivity contribution < 1.29 is 17.7 Å². The third-order valence-electron chi connectivity index (χ3n) is 4.54. The number of hydrogen-bond acceptors (Lipinski definition) is 6. The quantitative estimate of drug-likeness (QED) is 0.696. The Balaban J connectivity index is 1.88. The van der Waals surface area contributed by atoms with Gasteiger partial charge in [0.25, 0.3) is 5.56 Å². The highest BCUT2D eigenvalue weighted by molar-refractivity contribution is 5.77. The van der Waals surface area contributed by atoms with E-state index in [9.17, 15) is 18.0 Å². The topological polar surface area (TPSA) is 77.0 Å². The van der Waals surface area contributed by atoms with Crippen molar-refractivity contribution in [1.29, 1.82) is 0 Å². The molecule has 10 heteroatoms. The van der Waals surface area contributed by atoms with E-state index >= 15 is 0 Å². The summed E-state index contributed by atoms with van der Waals surface area (Å²) in [4.78, 5) is 23.1. The number of nitrogens with zero attached hydrogens (tertiary/aromatic N) is 5. The van der Waals surface area contributed by atoms with E-state index in [-0.39, 0.29) is 17.2 Å². The van der Waals surface area contributed by atoms with E-state index in [1.807, 2.05) is 0 Å². The van der Waals surface area contributed by atoms with Crippen LogP contribution in [0.3, 0.4) is 0 Å². The zero-order valence-corrected chi connectivity index (χ0v) is 14.4. The molecular formula is C17H16F3N5O2. The van der Waals surface area contributed by atoms with Crippen LogP contribution in [-0.2, 0) is 6.54 Å². The molecule has 3 aromatic rings. The molecule has 1 fully saturated rings. The fourth-order valence-electron chi connectivity index (χ4n) is 3.44. The van der Waals surface area contributed by atoms with Crippen molar-refractivity contribution in [3.05, 3.63) is 46.3 Å². The molecule has 1 aliphatic rings. The highest BCUT2D eigenvalue weighted by atomic mass is 19.4. The first-order valence-corrected chi connectivity index (χ1v) is 8.47. The summed E-state index contributed by atoms with van der Waals surface area (Å²) < 4.78 is 45.4. The van der Waals surface area contributed by atoms with Gasteiger partial charge < -0.3 is 9.42 Å². The predicted octanol–water partition coefficient (Wildman–Crippen LogP) is 2.99. The van der Waals surface area contributed by atoms with E-state index < -0.39 is 24.3 Å². The van der Waals surface area contributed by atoms with Gasteiger partial charge in [-0.25, -0.2) is 4.98 Å². The Kier molecular flexibility index (Phi) is 4.12. The summed E-state index contributed by atoms with van der Waals surface area (Å²) in [6, 6.07) is 6.07. The summed E-state index contributed by atoms with van der Waals surface area (Å²) in [5.74, 6) is 0.485. The monoisotopic (exact) mass is 379 g/mol. The molecular weight excluding hydrogens is 363 g/mol. The molecule has 0 N–H and O–H groups in total. The minimum Gasteiger partial charge on any atom is -0.315 e. The average molecular weight is 379 g/mol. The SMILES string of the molecule is Cc1noc(N2CCCC2c2nc3ccccc3c(=O)n2CC(F)(F)F)n1. The van der Waals surface area contributed by atoms with Crippen molar-refractivity contribution in [1.82, 2.24) is 19.7 Å². The Morgan fingerprint density at radius 3 is 2.74 bits per heavy atom. The number of benzene rings is 1. The molecule has 142 valence electrons. The Bertz CT molecular complexity index is 1040. The smallest absolute Gasteiger partial charge is 0.315 e. The molecule has 1 aromatic carbocycles. The second-order valence-electron chi connectivity index (χ2n) is 6.47. The van der Waals surface area contributed by atoms with Gasteiger partial charge in [0, 0.05) is 6.54 Å². The van der Waals surface area contributed by atoms with Crippen LogP contribution in [0.25, 0.3) is 10.9 Å². The summed E-state index contributed by atoms with van der Waals surface area (Å²) in [6.45, 7) is 0.791. The van der Waals surface area contributed by atoms with E-state index in [0.29, 0.717) is 35.3 Å². The molecule has 0 bridgehead atoms. The molecule has 3 heterocycles. The molecule has 27 heavy (non-hydrogen) atoms. The van der Waals surface area contributed by atoms with Crippen molar-refractivity contribution in [2.75, 3.05) is 11.4 Å². The van der Waals surface area contributed by atoms with Crippen LogP contribution in [0.4, 0.5) is 19.2 Å². The summed E-state index contributed by atoms with van der Waals surface area (Å²) in [7, 11) is 0.